The lowest BCUT2D eigenvalue weighted by Crippen LogP contribution is -2.51. The Labute approximate surface area is 109 Å². The summed E-state index contributed by atoms with van der Waals surface area (Å²) in [6.45, 7) is 4.18. The van der Waals surface area contributed by atoms with E-state index < -0.39 is 0 Å². The summed E-state index contributed by atoms with van der Waals surface area (Å²) >= 11 is 3.31. The molecule has 1 amide bonds. The number of piperazine rings is 1. The van der Waals surface area contributed by atoms with Crippen LogP contribution in [0.15, 0.2) is 22.7 Å². The van der Waals surface area contributed by atoms with E-state index in [0.29, 0.717) is 24.7 Å². The first-order valence-electron chi connectivity index (χ1n) is 5.59. The van der Waals surface area contributed by atoms with Crippen LogP contribution in [0.1, 0.15) is 17.3 Å². The second-order valence-electron chi connectivity index (χ2n) is 4.27. The minimum atomic E-state index is -0.114. The van der Waals surface area contributed by atoms with Crippen LogP contribution in [-0.2, 0) is 0 Å². The number of hydrogen-bond donors (Lipinski definition) is 2. The smallest absolute Gasteiger partial charge is 0.257 e. The molecule has 92 valence electrons. The van der Waals surface area contributed by atoms with Gasteiger partial charge in [-0.3, -0.25) is 4.79 Å². The van der Waals surface area contributed by atoms with Gasteiger partial charge in [0, 0.05) is 30.1 Å². The standard InChI is InChI=1S/C12H15BrN2O2/c1-8-7-15(5-4-14-8)12(17)10-6-9(13)2-3-11(10)16/h2-3,6,8,14,16H,4-5,7H2,1H3. The molecule has 0 radical (unpaired) electrons. The Morgan fingerprint density at radius 1 is 1.59 bits per heavy atom. The molecule has 2 rings (SSSR count). The molecule has 1 aliphatic rings. The van der Waals surface area contributed by atoms with Crippen molar-refractivity contribution >= 4 is 21.8 Å². The molecule has 1 atom stereocenters. The van der Waals surface area contributed by atoms with E-state index in [-0.39, 0.29) is 11.7 Å². The number of phenols is 1. The van der Waals surface area contributed by atoms with Gasteiger partial charge in [-0.25, -0.2) is 0 Å². The van der Waals surface area contributed by atoms with Gasteiger partial charge in [0.2, 0.25) is 0 Å². The molecule has 5 heteroatoms. The van der Waals surface area contributed by atoms with E-state index in [0.717, 1.165) is 11.0 Å². The summed E-state index contributed by atoms with van der Waals surface area (Å²) in [7, 11) is 0. The maximum Gasteiger partial charge on any atom is 0.257 e. The van der Waals surface area contributed by atoms with Crippen molar-refractivity contribution in [3.05, 3.63) is 28.2 Å². The van der Waals surface area contributed by atoms with Crippen LogP contribution in [-0.4, -0.2) is 41.6 Å². The molecule has 0 bridgehead atoms. The van der Waals surface area contributed by atoms with E-state index in [9.17, 15) is 9.90 Å². The SMILES string of the molecule is CC1CN(C(=O)c2cc(Br)ccc2O)CCN1. The molecule has 1 fully saturated rings. The zero-order valence-electron chi connectivity index (χ0n) is 9.61. The number of aromatic hydroxyl groups is 1. The Morgan fingerprint density at radius 2 is 2.35 bits per heavy atom. The molecule has 0 spiro atoms. The summed E-state index contributed by atoms with van der Waals surface area (Å²) in [5.41, 5.74) is 0.355. The topological polar surface area (TPSA) is 52.6 Å². The number of carbonyl (C=O) groups is 1. The third kappa shape index (κ3) is 2.79. The Bertz CT molecular complexity index is 437. The summed E-state index contributed by atoms with van der Waals surface area (Å²) in [4.78, 5) is 14.0. The van der Waals surface area contributed by atoms with Crippen molar-refractivity contribution in [2.24, 2.45) is 0 Å². The summed E-state index contributed by atoms with van der Waals surface area (Å²) in [6, 6.07) is 5.20. The van der Waals surface area contributed by atoms with Gasteiger partial charge in [0.25, 0.3) is 5.91 Å². The molecule has 1 heterocycles. The monoisotopic (exact) mass is 298 g/mol. The molecule has 1 aromatic carbocycles. The number of halogens is 1. The number of benzene rings is 1. The number of carbonyl (C=O) groups excluding carboxylic acids is 1. The number of nitrogens with zero attached hydrogens (tertiary/aromatic N) is 1. The van der Waals surface area contributed by atoms with Gasteiger partial charge in [-0.15, -0.1) is 0 Å². The fraction of sp³-hybridized carbons (Fsp3) is 0.417. The second-order valence-corrected chi connectivity index (χ2v) is 5.18. The predicted molar refractivity (Wildman–Crippen MR) is 69.2 cm³/mol. The van der Waals surface area contributed by atoms with Gasteiger partial charge in [0.15, 0.2) is 0 Å². The lowest BCUT2D eigenvalue weighted by molar-refractivity contribution is 0.0706. The zero-order chi connectivity index (χ0) is 12.4. The van der Waals surface area contributed by atoms with E-state index in [1.54, 1.807) is 17.0 Å². The zero-order valence-corrected chi connectivity index (χ0v) is 11.2. The van der Waals surface area contributed by atoms with Crippen LogP contribution < -0.4 is 5.32 Å². The highest BCUT2D eigenvalue weighted by molar-refractivity contribution is 9.10. The maximum absolute atomic E-state index is 12.2. The quantitative estimate of drug-likeness (QED) is 0.828. The summed E-state index contributed by atoms with van der Waals surface area (Å²) < 4.78 is 0.793. The van der Waals surface area contributed by atoms with Crippen LogP contribution in [0.2, 0.25) is 0 Å². The largest absolute Gasteiger partial charge is 0.507 e. The number of rotatable bonds is 1. The highest BCUT2D eigenvalue weighted by atomic mass is 79.9. The number of amides is 1. The summed E-state index contributed by atoms with van der Waals surface area (Å²) in [5, 5.41) is 13.0. The summed E-state index contributed by atoms with van der Waals surface area (Å²) in [6.07, 6.45) is 0. The minimum Gasteiger partial charge on any atom is -0.507 e. The van der Waals surface area contributed by atoms with Crippen molar-refractivity contribution in [1.82, 2.24) is 10.2 Å². The Hall–Kier alpha value is -1.07. The highest BCUT2D eigenvalue weighted by Gasteiger charge is 2.23. The molecule has 1 unspecified atom stereocenters. The van der Waals surface area contributed by atoms with Crippen LogP contribution >= 0.6 is 15.9 Å². The van der Waals surface area contributed by atoms with E-state index in [2.05, 4.69) is 21.2 Å². The molecular formula is C12H15BrN2O2. The Kier molecular flexibility index (Phi) is 3.69. The average Bonchev–Trinajstić information content (AvgIpc) is 2.31. The van der Waals surface area contributed by atoms with Crippen LogP contribution in [0.5, 0.6) is 5.75 Å². The van der Waals surface area contributed by atoms with E-state index >= 15 is 0 Å². The van der Waals surface area contributed by atoms with Gasteiger partial charge in [-0.2, -0.15) is 0 Å². The van der Waals surface area contributed by atoms with Gasteiger partial charge in [-0.1, -0.05) is 15.9 Å². The summed E-state index contributed by atoms with van der Waals surface area (Å²) in [5.74, 6) is -0.0819. The normalized spacial score (nSPS) is 20.4. The third-order valence-electron chi connectivity index (χ3n) is 2.84. The van der Waals surface area contributed by atoms with Crippen LogP contribution in [0.3, 0.4) is 0 Å². The van der Waals surface area contributed by atoms with Crippen molar-refractivity contribution in [3.8, 4) is 5.75 Å². The highest BCUT2D eigenvalue weighted by Crippen LogP contribution is 2.23. The molecule has 1 saturated heterocycles. The fourth-order valence-corrected chi connectivity index (χ4v) is 2.33. The molecule has 17 heavy (non-hydrogen) atoms. The van der Waals surface area contributed by atoms with Gasteiger partial charge < -0.3 is 15.3 Å². The van der Waals surface area contributed by atoms with Crippen molar-refractivity contribution in [2.45, 2.75) is 13.0 Å². The Morgan fingerprint density at radius 3 is 3.06 bits per heavy atom. The first kappa shape index (κ1) is 12.4. The lowest BCUT2D eigenvalue weighted by Gasteiger charge is -2.32. The fourth-order valence-electron chi connectivity index (χ4n) is 1.97. The predicted octanol–water partition coefficient (Wildman–Crippen LogP) is 1.59. The lowest BCUT2D eigenvalue weighted by atomic mass is 10.1. The molecule has 1 aromatic rings. The third-order valence-corrected chi connectivity index (χ3v) is 3.34. The van der Waals surface area contributed by atoms with Crippen LogP contribution in [0.25, 0.3) is 0 Å². The van der Waals surface area contributed by atoms with Crippen LogP contribution in [0, 0.1) is 0 Å². The minimum absolute atomic E-state index is 0.0318. The number of hydrogen-bond acceptors (Lipinski definition) is 3. The average molecular weight is 299 g/mol. The first-order chi connectivity index (χ1) is 8.08. The van der Waals surface area contributed by atoms with Crippen molar-refractivity contribution < 1.29 is 9.90 Å². The van der Waals surface area contributed by atoms with Gasteiger partial charge in [0.05, 0.1) is 5.56 Å². The first-order valence-corrected chi connectivity index (χ1v) is 6.38. The van der Waals surface area contributed by atoms with Crippen molar-refractivity contribution in [2.75, 3.05) is 19.6 Å². The number of nitrogens with one attached hydrogen (secondary N) is 1. The van der Waals surface area contributed by atoms with Crippen molar-refractivity contribution in [1.29, 1.82) is 0 Å². The second kappa shape index (κ2) is 5.06. The number of phenolic OH excluding ortho intramolecular Hbond substituents is 1. The molecule has 0 aromatic heterocycles. The van der Waals surface area contributed by atoms with Gasteiger partial charge in [0.1, 0.15) is 5.75 Å². The van der Waals surface area contributed by atoms with E-state index in [1.165, 1.54) is 6.07 Å². The van der Waals surface area contributed by atoms with Gasteiger partial charge >= 0.3 is 0 Å². The van der Waals surface area contributed by atoms with Crippen LogP contribution in [0.4, 0.5) is 0 Å². The van der Waals surface area contributed by atoms with E-state index in [4.69, 9.17) is 0 Å². The molecule has 0 saturated carbocycles. The van der Waals surface area contributed by atoms with Crippen molar-refractivity contribution in [3.63, 3.8) is 0 Å². The molecule has 4 nitrogen and oxygen atoms in total. The molecule has 2 N–H and O–H groups in total. The van der Waals surface area contributed by atoms with Gasteiger partial charge in [-0.05, 0) is 25.1 Å². The maximum atomic E-state index is 12.2. The van der Waals surface area contributed by atoms with E-state index in [1.807, 2.05) is 6.92 Å². The molecule has 0 aliphatic carbocycles. The molecular weight excluding hydrogens is 284 g/mol. The molecule has 1 aliphatic heterocycles. The Balaban J connectivity index is 2.21.